The molecule has 0 heterocycles. The number of rotatable bonds is 5. The van der Waals surface area contributed by atoms with Crippen LogP contribution >= 0.6 is 0 Å². The van der Waals surface area contributed by atoms with Crippen LogP contribution in [-0.4, -0.2) is 30.6 Å². The molecular weight excluding hydrogens is 176 g/mol. The molecule has 0 rings (SSSR count). The summed E-state index contributed by atoms with van der Waals surface area (Å²) in [6.07, 6.45) is 1.07. The molecule has 0 aliphatic rings. The van der Waals surface area contributed by atoms with Gasteiger partial charge in [0.15, 0.2) is 0 Å². The van der Waals surface area contributed by atoms with Crippen LogP contribution in [0.3, 0.4) is 0 Å². The second-order valence-electron chi connectivity index (χ2n) is 4.35. The lowest BCUT2D eigenvalue weighted by Gasteiger charge is -2.26. The van der Waals surface area contributed by atoms with Crippen LogP contribution < -0.4 is 5.32 Å². The van der Waals surface area contributed by atoms with Gasteiger partial charge >= 0.3 is 6.03 Å². The molecule has 0 spiro atoms. The molecule has 0 saturated heterocycles. The van der Waals surface area contributed by atoms with Gasteiger partial charge in [0.1, 0.15) is 0 Å². The number of nitrogens with zero attached hydrogens (tertiary/aromatic N) is 1. The molecule has 0 aliphatic carbocycles. The van der Waals surface area contributed by atoms with Crippen molar-refractivity contribution >= 4 is 6.03 Å². The SMILES string of the molecule is CCN(CC)C(=O)NCC(C)(C)CC. The van der Waals surface area contributed by atoms with Crippen molar-refractivity contribution in [2.75, 3.05) is 19.6 Å². The number of hydrogen-bond donors (Lipinski definition) is 1. The first-order valence-corrected chi connectivity index (χ1v) is 5.49. The summed E-state index contributed by atoms with van der Waals surface area (Å²) in [6, 6.07) is 0.0523. The first kappa shape index (κ1) is 13.3. The maximum Gasteiger partial charge on any atom is 0.317 e. The van der Waals surface area contributed by atoms with Crippen LogP contribution in [0.1, 0.15) is 41.0 Å². The van der Waals surface area contributed by atoms with Crippen LogP contribution in [0.2, 0.25) is 0 Å². The summed E-state index contributed by atoms with van der Waals surface area (Å²) in [4.78, 5) is 13.4. The van der Waals surface area contributed by atoms with E-state index in [2.05, 4.69) is 26.1 Å². The third-order valence-corrected chi connectivity index (χ3v) is 2.73. The Balaban J connectivity index is 3.95. The topological polar surface area (TPSA) is 32.3 Å². The number of carbonyl (C=O) groups excluding carboxylic acids is 1. The van der Waals surface area contributed by atoms with E-state index in [0.717, 1.165) is 26.1 Å². The summed E-state index contributed by atoms with van der Waals surface area (Å²) in [5, 5.41) is 2.96. The van der Waals surface area contributed by atoms with E-state index >= 15 is 0 Å². The number of carbonyl (C=O) groups is 1. The van der Waals surface area contributed by atoms with Crippen molar-refractivity contribution in [3.63, 3.8) is 0 Å². The Bertz CT molecular complexity index is 174. The molecule has 0 aromatic heterocycles. The van der Waals surface area contributed by atoms with Crippen molar-refractivity contribution in [2.45, 2.75) is 41.0 Å². The average molecular weight is 200 g/mol. The second-order valence-corrected chi connectivity index (χ2v) is 4.35. The molecule has 0 aromatic rings. The lowest BCUT2D eigenvalue weighted by atomic mass is 9.90. The molecule has 1 N–H and O–H groups in total. The fourth-order valence-electron chi connectivity index (χ4n) is 1.06. The minimum Gasteiger partial charge on any atom is -0.337 e. The molecule has 84 valence electrons. The second kappa shape index (κ2) is 5.89. The highest BCUT2D eigenvalue weighted by atomic mass is 16.2. The van der Waals surface area contributed by atoms with Crippen LogP contribution in [0.25, 0.3) is 0 Å². The predicted molar refractivity (Wildman–Crippen MR) is 60.4 cm³/mol. The fourth-order valence-corrected chi connectivity index (χ4v) is 1.06. The van der Waals surface area contributed by atoms with Crippen LogP contribution in [0, 0.1) is 5.41 Å². The monoisotopic (exact) mass is 200 g/mol. The number of urea groups is 1. The third kappa shape index (κ3) is 4.49. The molecule has 0 radical (unpaired) electrons. The Kier molecular flexibility index (Phi) is 5.58. The molecule has 14 heavy (non-hydrogen) atoms. The zero-order valence-electron chi connectivity index (χ0n) is 10.2. The van der Waals surface area contributed by atoms with Crippen molar-refractivity contribution in [1.82, 2.24) is 10.2 Å². The van der Waals surface area contributed by atoms with Gasteiger partial charge in [-0.15, -0.1) is 0 Å². The van der Waals surface area contributed by atoms with E-state index in [1.54, 1.807) is 4.90 Å². The summed E-state index contributed by atoms with van der Waals surface area (Å²) >= 11 is 0. The van der Waals surface area contributed by atoms with Gasteiger partial charge in [-0.2, -0.15) is 0 Å². The van der Waals surface area contributed by atoms with Crippen LogP contribution in [-0.2, 0) is 0 Å². The Labute approximate surface area is 87.9 Å². The molecular formula is C11H24N2O. The summed E-state index contributed by atoms with van der Waals surface area (Å²) in [5.41, 5.74) is 0.197. The molecule has 3 heteroatoms. The van der Waals surface area contributed by atoms with Gasteiger partial charge in [-0.3, -0.25) is 0 Å². The van der Waals surface area contributed by atoms with Crippen molar-refractivity contribution in [2.24, 2.45) is 5.41 Å². The Morgan fingerprint density at radius 1 is 1.21 bits per heavy atom. The minimum absolute atomic E-state index is 0.0523. The highest BCUT2D eigenvalue weighted by Gasteiger charge is 2.17. The number of amides is 2. The maximum absolute atomic E-state index is 11.6. The highest BCUT2D eigenvalue weighted by Crippen LogP contribution is 2.17. The molecule has 0 saturated carbocycles. The van der Waals surface area contributed by atoms with E-state index in [0.29, 0.717) is 0 Å². The van der Waals surface area contributed by atoms with Crippen LogP contribution in [0.15, 0.2) is 0 Å². The minimum atomic E-state index is 0.0523. The van der Waals surface area contributed by atoms with Gasteiger partial charge in [0.2, 0.25) is 0 Å². The van der Waals surface area contributed by atoms with E-state index in [9.17, 15) is 4.79 Å². The van der Waals surface area contributed by atoms with Crippen LogP contribution in [0.5, 0.6) is 0 Å². The van der Waals surface area contributed by atoms with Crippen molar-refractivity contribution in [3.8, 4) is 0 Å². The first-order valence-electron chi connectivity index (χ1n) is 5.49. The Morgan fingerprint density at radius 2 is 1.71 bits per heavy atom. The molecule has 2 amide bonds. The predicted octanol–water partition coefficient (Wildman–Crippen LogP) is 2.47. The van der Waals surface area contributed by atoms with E-state index in [1.165, 1.54) is 0 Å². The highest BCUT2D eigenvalue weighted by molar-refractivity contribution is 5.74. The lowest BCUT2D eigenvalue weighted by molar-refractivity contribution is 0.196. The quantitative estimate of drug-likeness (QED) is 0.726. The largest absolute Gasteiger partial charge is 0.337 e. The molecule has 3 nitrogen and oxygen atoms in total. The van der Waals surface area contributed by atoms with Gasteiger partial charge < -0.3 is 10.2 Å². The maximum atomic E-state index is 11.6. The number of hydrogen-bond acceptors (Lipinski definition) is 1. The smallest absolute Gasteiger partial charge is 0.317 e. The van der Waals surface area contributed by atoms with E-state index in [-0.39, 0.29) is 11.4 Å². The van der Waals surface area contributed by atoms with E-state index < -0.39 is 0 Å². The van der Waals surface area contributed by atoms with Gasteiger partial charge in [0, 0.05) is 19.6 Å². The molecule has 0 unspecified atom stereocenters. The summed E-state index contributed by atoms with van der Waals surface area (Å²) in [7, 11) is 0. The van der Waals surface area contributed by atoms with Crippen molar-refractivity contribution < 1.29 is 4.79 Å². The van der Waals surface area contributed by atoms with Crippen LogP contribution in [0.4, 0.5) is 4.79 Å². The first-order chi connectivity index (χ1) is 6.46. The zero-order valence-corrected chi connectivity index (χ0v) is 10.2. The normalized spacial score (nSPS) is 11.2. The van der Waals surface area contributed by atoms with Crippen molar-refractivity contribution in [1.29, 1.82) is 0 Å². The molecule has 0 aliphatic heterocycles. The molecule has 0 bridgehead atoms. The summed E-state index contributed by atoms with van der Waals surface area (Å²) in [6.45, 7) is 12.7. The van der Waals surface area contributed by atoms with Gasteiger partial charge in [-0.25, -0.2) is 4.79 Å². The third-order valence-electron chi connectivity index (χ3n) is 2.73. The molecule has 0 fully saturated rings. The Morgan fingerprint density at radius 3 is 2.07 bits per heavy atom. The molecule has 0 atom stereocenters. The summed E-state index contributed by atoms with van der Waals surface area (Å²) < 4.78 is 0. The van der Waals surface area contributed by atoms with Gasteiger partial charge in [-0.05, 0) is 25.7 Å². The fraction of sp³-hybridized carbons (Fsp3) is 0.909. The standard InChI is InChI=1S/C11H24N2O/c1-6-11(4,5)9-12-10(14)13(7-2)8-3/h6-9H2,1-5H3,(H,12,14). The van der Waals surface area contributed by atoms with E-state index in [4.69, 9.17) is 0 Å². The molecule has 0 aromatic carbocycles. The van der Waals surface area contributed by atoms with Crippen molar-refractivity contribution in [3.05, 3.63) is 0 Å². The van der Waals surface area contributed by atoms with Gasteiger partial charge in [-0.1, -0.05) is 20.8 Å². The summed E-state index contributed by atoms with van der Waals surface area (Å²) in [5.74, 6) is 0. The van der Waals surface area contributed by atoms with Gasteiger partial charge in [0.25, 0.3) is 0 Å². The Hall–Kier alpha value is -0.730. The average Bonchev–Trinajstić information content (AvgIpc) is 2.17. The number of nitrogens with one attached hydrogen (secondary N) is 1. The zero-order chi connectivity index (χ0) is 11.2. The lowest BCUT2D eigenvalue weighted by Crippen LogP contribution is -2.43. The van der Waals surface area contributed by atoms with Gasteiger partial charge in [0.05, 0.1) is 0 Å². The van der Waals surface area contributed by atoms with E-state index in [1.807, 2.05) is 13.8 Å².